The number of carbonyl (C=O) groups is 1. The second kappa shape index (κ2) is 5.46. The topological polar surface area (TPSA) is 58.6 Å². The first-order chi connectivity index (χ1) is 8.59. The summed E-state index contributed by atoms with van der Waals surface area (Å²) in [6, 6.07) is 6.16. The Morgan fingerprint density at radius 3 is 2.94 bits per heavy atom. The predicted molar refractivity (Wildman–Crippen MR) is 63.5 cm³/mol. The average molecular weight is 253 g/mol. The van der Waals surface area contributed by atoms with Crippen molar-refractivity contribution in [3.8, 4) is 0 Å². The number of amides is 1. The van der Waals surface area contributed by atoms with Gasteiger partial charge in [-0.05, 0) is 11.6 Å². The summed E-state index contributed by atoms with van der Waals surface area (Å²) in [4.78, 5) is 11.6. The molecule has 1 aliphatic heterocycles. The lowest BCUT2D eigenvalue weighted by molar-refractivity contribution is -0.121. The third-order valence-electron chi connectivity index (χ3n) is 3.01. The molecule has 98 valence electrons. The lowest BCUT2D eigenvalue weighted by Gasteiger charge is -2.20. The molecule has 1 saturated heterocycles. The Hall–Kier alpha value is -1.46. The average Bonchev–Trinajstić information content (AvgIpc) is 2.77. The lowest BCUT2D eigenvalue weighted by Crippen LogP contribution is -2.43. The molecule has 1 aromatic rings. The normalized spacial score (nSPS) is 23.0. The number of ether oxygens (including phenoxy) is 1. The summed E-state index contributed by atoms with van der Waals surface area (Å²) in [5.74, 6) is -0.698. The highest BCUT2D eigenvalue weighted by atomic mass is 19.1. The molecule has 0 spiro atoms. The van der Waals surface area contributed by atoms with Crippen molar-refractivity contribution in [1.82, 2.24) is 5.32 Å². The number of aliphatic hydroxyl groups is 1. The highest BCUT2D eigenvalue weighted by molar-refractivity contribution is 5.78. The van der Waals surface area contributed by atoms with Crippen molar-refractivity contribution in [2.75, 3.05) is 19.8 Å². The Balaban J connectivity index is 1.84. The van der Waals surface area contributed by atoms with E-state index in [1.807, 2.05) is 0 Å². The predicted octanol–water partition coefficient (Wildman–Crippen LogP) is 0.636. The zero-order valence-corrected chi connectivity index (χ0v) is 9.99. The van der Waals surface area contributed by atoms with Crippen LogP contribution in [0.1, 0.15) is 12.0 Å². The van der Waals surface area contributed by atoms with Gasteiger partial charge in [-0.2, -0.15) is 0 Å². The maximum absolute atomic E-state index is 13.3. The van der Waals surface area contributed by atoms with Gasteiger partial charge in [-0.3, -0.25) is 4.79 Å². The molecule has 18 heavy (non-hydrogen) atoms. The summed E-state index contributed by atoms with van der Waals surface area (Å²) in [6.45, 7) is 0.868. The Morgan fingerprint density at radius 1 is 1.50 bits per heavy atom. The lowest BCUT2D eigenvalue weighted by atomic mass is 10.0. The van der Waals surface area contributed by atoms with Gasteiger partial charge in [0.15, 0.2) is 0 Å². The summed E-state index contributed by atoms with van der Waals surface area (Å²) in [6.07, 6.45) is 0.483. The van der Waals surface area contributed by atoms with Crippen LogP contribution in [0.4, 0.5) is 4.39 Å². The number of benzene rings is 1. The van der Waals surface area contributed by atoms with E-state index in [2.05, 4.69) is 5.32 Å². The fourth-order valence-corrected chi connectivity index (χ4v) is 1.88. The van der Waals surface area contributed by atoms with Gasteiger partial charge in [0.25, 0.3) is 0 Å². The summed E-state index contributed by atoms with van der Waals surface area (Å²) in [5, 5.41) is 12.6. The van der Waals surface area contributed by atoms with E-state index in [0.717, 1.165) is 0 Å². The minimum absolute atomic E-state index is 0.0242. The first-order valence-electron chi connectivity index (χ1n) is 5.89. The minimum atomic E-state index is -0.981. The summed E-state index contributed by atoms with van der Waals surface area (Å²) in [7, 11) is 0. The van der Waals surface area contributed by atoms with Crippen molar-refractivity contribution in [1.29, 1.82) is 0 Å². The number of nitrogens with one attached hydrogen (secondary N) is 1. The van der Waals surface area contributed by atoms with Gasteiger partial charge in [-0.25, -0.2) is 4.39 Å². The first kappa shape index (κ1) is 13.0. The van der Waals surface area contributed by atoms with Crippen LogP contribution in [0.25, 0.3) is 0 Å². The molecule has 0 aromatic heterocycles. The second-order valence-electron chi connectivity index (χ2n) is 4.57. The van der Waals surface area contributed by atoms with E-state index in [4.69, 9.17) is 4.74 Å². The van der Waals surface area contributed by atoms with Crippen LogP contribution in [0.5, 0.6) is 0 Å². The third kappa shape index (κ3) is 3.27. The Morgan fingerprint density at radius 2 is 2.28 bits per heavy atom. The Bertz CT molecular complexity index is 430. The molecule has 5 heteroatoms. The van der Waals surface area contributed by atoms with Crippen molar-refractivity contribution in [2.24, 2.45) is 0 Å². The molecule has 1 aromatic carbocycles. The van der Waals surface area contributed by atoms with Crippen LogP contribution in [0, 0.1) is 5.82 Å². The maximum Gasteiger partial charge on any atom is 0.224 e. The van der Waals surface area contributed by atoms with Gasteiger partial charge in [0.1, 0.15) is 11.4 Å². The molecule has 1 fully saturated rings. The molecule has 0 unspecified atom stereocenters. The van der Waals surface area contributed by atoms with Crippen molar-refractivity contribution in [3.63, 3.8) is 0 Å². The summed E-state index contributed by atoms with van der Waals surface area (Å²) in [5.41, 5.74) is -0.630. The van der Waals surface area contributed by atoms with Crippen LogP contribution in [0.15, 0.2) is 24.3 Å². The second-order valence-corrected chi connectivity index (χ2v) is 4.57. The van der Waals surface area contributed by atoms with Crippen LogP contribution < -0.4 is 5.32 Å². The fraction of sp³-hybridized carbons (Fsp3) is 0.462. The van der Waals surface area contributed by atoms with Crippen LogP contribution in [0.3, 0.4) is 0 Å². The summed E-state index contributed by atoms with van der Waals surface area (Å²) >= 11 is 0. The van der Waals surface area contributed by atoms with Crippen LogP contribution >= 0.6 is 0 Å². The van der Waals surface area contributed by atoms with Gasteiger partial charge < -0.3 is 15.2 Å². The van der Waals surface area contributed by atoms with Crippen molar-refractivity contribution in [2.45, 2.75) is 18.4 Å². The summed E-state index contributed by atoms with van der Waals surface area (Å²) < 4.78 is 18.4. The molecule has 0 aliphatic carbocycles. The number of hydrogen-bond donors (Lipinski definition) is 2. The van der Waals surface area contributed by atoms with Crippen LogP contribution in [-0.4, -0.2) is 36.4 Å². The molecule has 0 bridgehead atoms. The van der Waals surface area contributed by atoms with Crippen LogP contribution in [0.2, 0.25) is 0 Å². The Kier molecular flexibility index (Phi) is 3.93. The standard InChI is InChI=1S/C13H16FNO3/c14-11-4-2-1-3-10(11)7-12(16)15-8-13(17)5-6-18-9-13/h1-4,17H,5-9H2,(H,15,16)/t13-/m1/s1. The fourth-order valence-electron chi connectivity index (χ4n) is 1.88. The SMILES string of the molecule is O=C(Cc1ccccc1F)NC[C@]1(O)CCOC1. The van der Waals surface area contributed by atoms with E-state index in [1.165, 1.54) is 6.07 Å². The zero-order chi connectivity index (χ0) is 13.0. The van der Waals surface area contributed by atoms with Crippen molar-refractivity contribution >= 4 is 5.91 Å². The molecule has 1 heterocycles. The molecule has 4 nitrogen and oxygen atoms in total. The molecule has 1 amide bonds. The smallest absolute Gasteiger partial charge is 0.224 e. The molecule has 1 aliphatic rings. The molecule has 0 saturated carbocycles. The van der Waals surface area contributed by atoms with E-state index in [9.17, 15) is 14.3 Å². The van der Waals surface area contributed by atoms with E-state index >= 15 is 0 Å². The maximum atomic E-state index is 13.3. The highest BCUT2D eigenvalue weighted by Crippen LogP contribution is 2.17. The van der Waals surface area contributed by atoms with E-state index in [1.54, 1.807) is 18.2 Å². The quantitative estimate of drug-likeness (QED) is 0.827. The van der Waals surface area contributed by atoms with Gasteiger partial charge in [0.05, 0.1) is 13.0 Å². The van der Waals surface area contributed by atoms with Gasteiger partial charge in [-0.15, -0.1) is 0 Å². The van der Waals surface area contributed by atoms with Crippen molar-refractivity contribution < 1.29 is 19.0 Å². The van der Waals surface area contributed by atoms with Crippen LogP contribution in [-0.2, 0) is 16.0 Å². The van der Waals surface area contributed by atoms with Gasteiger partial charge in [0, 0.05) is 19.6 Å². The molecular weight excluding hydrogens is 237 g/mol. The minimum Gasteiger partial charge on any atom is -0.386 e. The molecule has 2 rings (SSSR count). The van der Waals surface area contributed by atoms with Crippen molar-refractivity contribution in [3.05, 3.63) is 35.6 Å². The molecular formula is C13H16FNO3. The number of hydrogen-bond acceptors (Lipinski definition) is 3. The monoisotopic (exact) mass is 253 g/mol. The van der Waals surface area contributed by atoms with Gasteiger partial charge >= 0.3 is 0 Å². The number of halogens is 1. The third-order valence-corrected chi connectivity index (χ3v) is 3.01. The largest absolute Gasteiger partial charge is 0.386 e. The Labute approximate surface area is 105 Å². The molecule has 2 N–H and O–H groups in total. The van der Waals surface area contributed by atoms with E-state index in [0.29, 0.717) is 18.6 Å². The molecule has 1 atom stereocenters. The van der Waals surface area contributed by atoms with Gasteiger partial charge in [-0.1, -0.05) is 18.2 Å². The van der Waals surface area contributed by atoms with Gasteiger partial charge in [0.2, 0.25) is 5.91 Å². The van der Waals surface area contributed by atoms with E-state index in [-0.39, 0.29) is 25.5 Å². The van der Waals surface area contributed by atoms with E-state index < -0.39 is 11.4 Å². The highest BCUT2D eigenvalue weighted by Gasteiger charge is 2.32. The first-order valence-corrected chi connectivity index (χ1v) is 5.89. The zero-order valence-electron chi connectivity index (χ0n) is 9.99. The molecule has 0 radical (unpaired) electrons. The number of rotatable bonds is 4. The number of carbonyl (C=O) groups excluding carboxylic acids is 1.